The highest BCUT2D eigenvalue weighted by Gasteiger charge is 2.39. The fourth-order valence-electron chi connectivity index (χ4n) is 4.80. The number of aryl methyl sites for hydroxylation is 1. The minimum Gasteiger partial charge on any atom is -0.496 e. The third-order valence-corrected chi connectivity index (χ3v) is 6.86. The maximum atomic E-state index is 13.2. The van der Waals surface area contributed by atoms with Gasteiger partial charge in [-0.25, -0.2) is 9.97 Å². The zero-order chi connectivity index (χ0) is 26.3. The van der Waals surface area contributed by atoms with E-state index in [4.69, 9.17) is 4.74 Å². The van der Waals surface area contributed by atoms with Crippen LogP contribution in [0.1, 0.15) is 61.2 Å². The number of carboxylic acids is 1. The lowest BCUT2D eigenvalue weighted by Gasteiger charge is -2.36. The van der Waals surface area contributed by atoms with Gasteiger partial charge in [-0.1, -0.05) is 12.1 Å². The maximum Gasteiger partial charge on any atom is 0.416 e. The molecule has 3 aromatic rings. The third-order valence-electron chi connectivity index (χ3n) is 6.86. The smallest absolute Gasteiger partial charge is 0.416 e. The second-order valence-corrected chi connectivity index (χ2v) is 9.32. The van der Waals surface area contributed by atoms with Crippen LogP contribution in [0.3, 0.4) is 0 Å². The molecular formula is C26H28F3N3O4. The summed E-state index contributed by atoms with van der Waals surface area (Å²) in [5.41, 5.74) is -0.536. The molecule has 7 nitrogen and oxygen atoms in total. The molecule has 192 valence electrons. The van der Waals surface area contributed by atoms with Gasteiger partial charge in [0.2, 0.25) is 0 Å². The molecule has 2 aromatic carbocycles. The van der Waals surface area contributed by atoms with Crippen LogP contribution in [-0.4, -0.2) is 33.3 Å². The number of aromatic nitrogens is 2. The number of benzene rings is 2. The van der Waals surface area contributed by atoms with Crippen molar-refractivity contribution in [3.8, 4) is 5.75 Å². The van der Waals surface area contributed by atoms with Gasteiger partial charge in [0.1, 0.15) is 17.4 Å². The van der Waals surface area contributed by atoms with E-state index in [1.54, 1.807) is 32.0 Å². The Labute approximate surface area is 206 Å². The SMILES string of the molecule is COc1cc2nc(C)nc(N[C@H](C)c3cccc(C(F)(F)F)c3)c2cc1[C@]1(O)CC[C@@H](C(=O)O)CC1. The first-order chi connectivity index (χ1) is 16.9. The highest BCUT2D eigenvalue weighted by Crippen LogP contribution is 2.45. The fourth-order valence-corrected chi connectivity index (χ4v) is 4.80. The van der Waals surface area contributed by atoms with Crippen LogP contribution in [0.2, 0.25) is 0 Å². The summed E-state index contributed by atoms with van der Waals surface area (Å²) in [5.74, 6) is -0.0886. The monoisotopic (exact) mass is 503 g/mol. The Hall–Kier alpha value is -3.40. The van der Waals surface area contributed by atoms with Crippen molar-refractivity contribution in [2.75, 3.05) is 12.4 Å². The molecule has 10 heteroatoms. The second kappa shape index (κ2) is 9.57. The number of nitrogens with one attached hydrogen (secondary N) is 1. The van der Waals surface area contributed by atoms with E-state index < -0.39 is 35.3 Å². The first-order valence-corrected chi connectivity index (χ1v) is 11.7. The summed E-state index contributed by atoms with van der Waals surface area (Å²) < 4.78 is 45.2. The maximum absolute atomic E-state index is 13.2. The molecular weight excluding hydrogens is 475 g/mol. The first-order valence-electron chi connectivity index (χ1n) is 11.7. The van der Waals surface area contributed by atoms with Gasteiger partial charge in [0.25, 0.3) is 0 Å². The second-order valence-electron chi connectivity index (χ2n) is 9.32. The summed E-state index contributed by atoms with van der Waals surface area (Å²) >= 11 is 0. The number of hydrogen-bond acceptors (Lipinski definition) is 6. The molecule has 1 saturated carbocycles. The van der Waals surface area contributed by atoms with E-state index in [9.17, 15) is 28.2 Å². The van der Waals surface area contributed by atoms with E-state index in [2.05, 4.69) is 15.3 Å². The Morgan fingerprint density at radius 3 is 2.50 bits per heavy atom. The van der Waals surface area contributed by atoms with E-state index in [1.807, 2.05) is 0 Å². The van der Waals surface area contributed by atoms with Gasteiger partial charge < -0.3 is 20.3 Å². The Morgan fingerprint density at radius 1 is 1.19 bits per heavy atom. The van der Waals surface area contributed by atoms with Crippen LogP contribution >= 0.6 is 0 Å². The topological polar surface area (TPSA) is 105 Å². The normalized spacial score (nSPS) is 21.2. The van der Waals surface area contributed by atoms with Crippen LogP contribution in [0, 0.1) is 12.8 Å². The molecule has 1 atom stereocenters. The quantitative estimate of drug-likeness (QED) is 0.402. The predicted octanol–water partition coefficient (Wildman–Crippen LogP) is 5.60. The van der Waals surface area contributed by atoms with Crippen molar-refractivity contribution < 1.29 is 32.9 Å². The van der Waals surface area contributed by atoms with Crippen LogP contribution in [0.15, 0.2) is 36.4 Å². The highest BCUT2D eigenvalue weighted by atomic mass is 19.4. The Balaban J connectivity index is 1.73. The van der Waals surface area contributed by atoms with Crippen LogP contribution in [0.4, 0.5) is 19.0 Å². The molecule has 0 amide bonds. The lowest BCUT2D eigenvalue weighted by Crippen LogP contribution is -2.34. The van der Waals surface area contributed by atoms with Gasteiger partial charge in [0.15, 0.2) is 0 Å². The predicted molar refractivity (Wildman–Crippen MR) is 128 cm³/mol. The van der Waals surface area contributed by atoms with Gasteiger partial charge in [-0.3, -0.25) is 4.79 Å². The molecule has 3 N–H and O–H groups in total. The largest absolute Gasteiger partial charge is 0.496 e. The summed E-state index contributed by atoms with van der Waals surface area (Å²) in [6.45, 7) is 3.45. The molecule has 4 rings (SSSR count). The van der Waals surface area contributed by atoms with Gasteiger partial charge >= 0.3 is 12.1 Å². The number of anilines is 1. The lowest BCUT2D eigenvalue weighted by atomic mass is 9.74. The molecule has 1 aromatic heterocycles. The number of fused-ring (bicyclic) bond motifs is 1. The Bertz CT molecular complexity index is 1290. The van der Waals surface area contributed by atoms with Gasteiger partial charge in [0, 0.05) is 23.1 Å². The molecule has 36 heavy (non-hydrogen) atoms. The summed E-state index contributed by atoms with van der Waals surface area (Å²) in [6, 6.07) is 8.03. The van der Waals surface area contributed by atoms with E-state index >= 15 is 0 Å². The van der Waals surface area contributed by atoms with Crippen molar-refractivity contribution in [1.29, 1.82) is 0 Å². The third kappa shape index (κ3) is 5.09. The van der Waals surface area contributed by atoms with Gasteiger partial charge in [-0.15, -0.1) is 0 Å². The molecule has 0 unspecified atom stereocenters. The number of ether oxygens (including phenoxy) is 1. The summed E-state index contributed by atoms with van der Waals surface area (Å²) in [5, 5.41) is 24.6. The zero-order valence-electron chi connectivity index (χ0n) is 20.2. The van der Waals surface area contributed by atoms with Crippen LogP contribution in [0.5, 0.6) is 5.75 Å². The van der Waals surface area contributed by atoms with Crippen molar-refractivity contribution in [1.82, 2.24) is 9.97 Å². The molecule has 1 aliphatic carbocycles. The van der Waals surface area contributed by atoms with Crippen LogP contribution in [0.25, 0.3) is 10.9 Å². The highest BCUT2D eigenvalue weighted by molar-refractivity contribution is 5.91. The Morgan fingerprint density at radius 2 is 1.89 bits per heavy atom. The van der Waals surface area contributed by atoms with Crippen molar-refractivity contribution in [2.24, 2.45) is 5.92 Å². The van der Waals surface area contributed by atoms with Crippen molar-refractivity contribution in [2.45, 2.75) is 57.3 Å². The summed E-state index contributed by atoms with van der Waals surface area (Å²) in [4.78, 5) is 20.3. The number of aliphatic carboxylic acids is 1. The molecule has 1 heterocycles. The molecule has 1 fully saturated rings. The number of methoxy groups -OCH3 is 1. The van der Waals surface area contributed by atoms with Crippen molar-refractivity contribution >= 4 is 22.7 Å². The first kappa shape index (κ1) is 25.7. The van der Waals surface area contributed by atoms with Crippen LogP contribution < -0.4 is 10.1 Å². The van der Waals surface area contributed by atoms with Gasteiger partial charge in [0.05, 0.1) is 29.7 Å². The van der Waals surface area contributed by atoms with Gasteiger partial charge in [-0.2, -0.15) is 13.2 Å². The average molecular weight is 504 g/mol. The number of alkyl halides is 3. The molecule has 0 radical (unpaired) electrons. The minimum absolute atomic E-state index is 0.252. The number of carbonyl (C=O) groups is 1. The fraction of sp³-hybridized carbons (Fsp3) is 0.423. The molecule has 0 spiro atoms. The average Bonchev–Trinajstić information content (AvgIpc) is 2.83. The van der Waals surface area contributed by atoms with Crippen molar-refractivity contribution in [3.63, 3.8) is 0 Å². The van der Waals surface area contributed by atoms with E-state index in [-0.39, 0.29) is 12.8 Å². The summed E-state index contributed by atoms with van der Waals surface area (Å²) in [7, 11) is 1.49. The number of halogens is 3. The standard InChI is InChI=1S/C26H28F3N3O4/c1-14(17-5-4-6-18(11-17)26(27,28)29)30-23-19-12-20(22(36-3)13-21(19)31-15(2)32-23)25(35)9-7-16(8-10-25)24(33)34/h4-6,11-14,16,35H,7-10H2,1-3H3,(H,33,34)(H,30,31,32)/t14-,16-,25+/m1/s1. The van der Waals surface area contributed by atoms with E-state index in [1.165, 1.54) is 13.2 Å². The molecule has 1 aliphatic rings. The Kier molecular flexibility index (Phi) is 6.83. The molecule has 0 saturated heterocycles. The number of nitrogens with zero attached hydrogens (tertiary/aromatic N) is 2. The number of aliphatic hydroxyl groups is 1. The van der Waals surface area contributed by atoms with E-state index in [0.717, 1.165) is 12.1 Å². The lowest BCUT2D eigenvalue weighted by molar-refractivity contribution is -0.145. The minimum atomic E-state index is -4.45. The number of hydrogen-bond donors (Lipinski definition) is 3. The van der Waals surface area contributed by atoms with E-state index in [0.29, 0.717) is 52.3 Å². The number of carboxylic acid groups (broad SMARTS) is 1. The van der Waals surface area contributed by atoms with Crippen LogP contribution in [-0.2, 0) is 16.6 Å². The molecule has 0 bridgehead atoms. The number of rotatable bonds is 6. The summed E-state index contributed by atoms with van der Waals surface area (Å²) in [6.07, 6.45) is -3.29. The van der Waals surface area contributed by atoms with Gasteiger partial charge in [-0.05, 0) is 63.3 Å². The zero-order valence-corrected chi connectivity index (χ0v) is 20.2. The molecule has 0 aliphatic heterocycles. The van der Waals surface area contributed by atoms with Crippen molar-refractivity contribution in [3.05, 3.63) is 58.9 Å².